The molecule has 8 nitrogen and oxygen atoms in total. The third-order valence-corrected chi connectivity index (χ3v) is 3.02. The molecule has 0 spiro atoms. The van der Waals surface area contributed by atoms with E-state index in [1.165, 1.54) is 12.0 Å². The lowest BCUT2D eigenvalue weighted by atomic mass is 10.0. The molecule has 0 aliphatic carbocycles. The standard InChI is InChI=1S/C13H20N2O6/c1-5-9(6-15(3)8-14)10(20-4)7-21-13(2,11(16)17)12(18)19/h1,8-10,14H,6-7H2,2-4H3,(H,16,17)(H,18,19). The maximum atomic E-state index is 11.0. The average molecular weight is 300 g/mol. The molecule has 2 atom stereocenters. The number of nitrogens with zero attached hydrogens (tertiary/aromatic N) is 1. The second-order valence-electron chi connectivity index (χ2n) is 4.57. The summed E-state index contributed by atoms with van der Waals surface area (Å²) in [5.74, 6) is -1.25. The first-order valence-electron chi connectivity index (χ1n) is 6.03. The molecule has 0 fully saturated rings. The molecule has 0 aromatic carbocycles. The van der Waals surface area contributed by atoms with Gasteiger partial charge in [0.15, 0.2) is 0 Å². The number of carboxylic acid groups (broad SMARTS) is 2. The molecule has 0 rings (SSSR count). The highest BCUT2D eigenvalue weighted by Gasteiger charge is 2.44. The monoisotopic (exact) mass is 300 g/mol. The van der Waals surface area contributed by atoms with Gasteiger partial charge in [0.25, 0.3) is 5.60 Å². The third kappa shape index (κ3) is 5.06. The molecule has 0 bridgehead atoms. The van der Waals surface area contributed by atoms with E-state index < -0.39 is 29.6 Å². The van der Waals surface area contributed by atoms with Crippen molar-refractivity contribution in [1.82, 2.24) is 4.90 Å². The second kappa shape index (κ2) is 8.24. The molecule has 0 aromatic rings. The Labute approximate surface area is 123 Å². The molecule has 8 heteroatoms. The van der Waals surface area contributed by atoms with E-state index in [0.717, 1.165) is 13.3 Å². The van der Waals surface area contributed by atoms with Gasteiger partial charge in [0.1, 0.15) is 0 Å². The fourth-order valence-corrected chi connectivity index (χ4v) is 1.45. The van der Waals surface area contributed by atoms with Crippen molar-refractivity contribution in [3.8, 4) is 12.3 Å². The Kier molecular flexibility index (Phi) is 7.41. The Morgan fingerprint density at radius 1 is 1.48 bits per heavy atom. The first kappa shape index (κ1) is 18.9. The first-order chi connectivity index (χ1) is 9.72. The van der Waals surface area contributed by atoms with Crippen LogP contribution in [0.5, 0.6) is 0 Å². The van der Waals surface area contributed by atoms with Gasteiger partial charge in [0.2, 0.25) is 0 Å². The number of rotatable bonds is 10. The predicted molar refractivity (Wildman–Crippen MR) is 74.2 cm³/mol. The average Bonchev–Trinajstić information content (AvgIpc) is 2.45. The van der Waals surface area contributed by atoms with E-state index in [2.05, 4.69) is 5.92 Å². The molecule has 21 heavy (non-hydrogen) atoms. The van der Waals surface area contributed by atoms with Gasteiger partial charge in [-0.05, 0) is 6.92 Å². The van der Waals surface area contributed by atoms with Gasteiger partial charge >= 0.3 is 11.9 Å². The molecule has 0 amide bonds. The Morgan fingerprint density at radius 3 is 2.33 bits per heavy atom. The molecule has 0 saturated carbocycles. The molecule has 0 aliphatic heterocycles. The number of carbonyl (C=O) groups is 2. The first-order valence-corrected chi connectivity index (χ1v) is 6.03. The summed E-state index contributed by atoms with van der Waals surface area (Å²) in [5, 5.41) is 25.0. The van der Waals surface area contributed by atoms with Crippen molar-refractivity contribution in [1.29, 1.82) is 5.41 Å². The molecular weight excluding hydrogens is 280 g/mol. The third-order valence-electron chi connectivity index (χ3n) is 3.02. The van der Waals surface area contributed by atoms with Crippen LogP contribution in [0.1, 0.15) is 6.92 Å². The highest BCUT2D eigenvalue weighted by molar-refractivity contribution is 6.01. The SMILES string of the molecule is C#CC(CN(C)C=N)C(COC(C)(C(=O)O)C(=O)O)OC. The molecule has 0 heterocycles. The van der Waals surface area contributed by atoms with Crippen LogP contribution in [0.3, 0.4) is 0 Å². The van der Waals surface area contributed by atoms with Gasteiger partial charge < -0.3 is 24.6 Å². The molecular formula is C13H20N2O6. The number of terminal acetylenes is 1. The van der Waals surface area contributed by atoms with Crippen LogP contribution in [0.4, 0.5) is 0 Å². The minimum Gasteiger partial charge on any atom is -0.479 e. The molecule has 2 unspecified atom stereocenters. The van der Waals surface area contributed by atoms with Gasteiger partial charge in [-0.2, -0.15) is 0 Å². The van der Waals surface area contributed by atoms with E-state index in [9.17, 15) is 9.59 Å². The van der Waals surface area contributed by atoms with E-state index in [-0.39, 0.29) is 6.61 Å². The van der Waals surface area contributed by atoms with E-state index >= 15 is 0 Å². The summed E-state index contributed by atoms with van der Waals surface area (Å²) in [6.45, 7) is 0.935. The number of aliphatic carboxylic acids is 2. The number of ether oxygens (including phenoxy) is 2. The topological polar surface area (TPSA) is 120 Å². The van der Waals surface area contributed by atoms with Gasteiger partial charge in [-0.1, -0.05) is 5.92 Å². The van der Waals surface area contributed by atoms with Crippen LogP contribution in [0.2, 0.25) is 0 Å². The summed E-state index contributed by atoms with van der Waals surface area (Å²) in [5.41, 5.74) is -2.37. The van der Waals surface area contributed by atoms with Crippen molar-refractivity contribution in [2.45, 2.75) is 18.6 Å². The largest absolute Gasteiger partial charge is 0.479 e. The van der Waals surface area contributed by atoms with Crippen molar-refractivity contribution in [3.05, 3.63) is 0 Å². The van der Waals surface area contributed by atoms with Crippen LogP contribution in [0.25, 0.3) is 0 Å². The van der Waals surface area contributed by atoms with Crippen molar-refractivity contribution in [2.75, 3.05) is 27.3 Å². The number of carboxylic acids is 2. The lowest BCUT2D eigenvalue weighted by Gasteiger charge is -2.28. The quantitative estimate of drug-likeness (QED) is 0.220. The van der Waals surface area contributed by atoms with E-state index in [1.807, 2.05) is 0 Å². The maximum Gasteiger partial charge on any atom is 0.347 e. The summed E-state index contributed by atoms with van der Waals surface area (Å²) in [6.07, 6.45) is 5.77. The molecule has 0 radical (unpaired) electrons. The lowest BCUT2D eigenvalue weighted by Crippen LogP contribution is -2.48. The highest BCUT2D eigenvalue weighted by Crippen LogP contribution is 2.16. The van der Waals surface area contributed by atoms with Crippen LogP contribution in [0.15, 0.2) is 0 Å². The minimum absolute atomic E-state index is 0.290. The van der Waals surface area contributed by atoms with Crippen LogP contribution >= 0.6 is 0 Å². The fourth-order valence-electron chi connectivity index (χ4n) is 1.45. The molecule has 0 aromatic heterocycles. The number of hydrogen-bond acceptors (Lipinski definition) is 5. The Morgan fingerprint density at radius 2 is 2.00 bits per heavy atom. The summed E-state index contributed by atoms with van der Waals surface area (Å²) in [6, 6.07) is 0. The van der Waals surface area contributed by atoms with E-state index in [0.29, 0.717) is 6.54 Å². The molecule has 0 aliphatic rings. The Bertz CT molecular complexity index is 417. The van der Waals surface area contributed by atoms with E-state index in [4.69, 9.17) is 31.5 Å². The van der Waals surface area contributed by atoms with Crippen LogP contribution < -0.4 is 0 Å². The highest BCUT2D eigenvalue weighted by atomic mass is 16.6. The number of methoxy groups -OCH3 is 1. The smallest absolute Gasteiger partial charge is 0.347 e. The van der Waals surface area contributed by atoms with Gasteiger partial charge in [-0.3, -0.25) is 5.41 Å². The Balaban J connectivity index is 4.91. The summed E-state index contributed by atoms with van der Waals surface area (Å²) < 4.78 is 10.2. The van der Waals surface area contributed by atoms with Crippen LogP contribution in [0, 0.1) is 23.7 Å². The lowest BCUT2D eigenvalue weighted by molar-refractivity contribution is -0.185. The number of hydrogen-bond donors (Lipinski definition) is 3. The molecule has 0 saturated heterocycles. The van der Waals surface area contributed by atoms with Crippen LogP contribution in [-0.2, 0) is 19.1 Å². The normalized spacial score (nSPS) is 13.8. The maximum absolute atomic E-state index is 11.0. The Hall–Kier alpha value is -2.11. The van der Waals surface area contributed by atoms with Crippen molar-refractivity contribution < 1.29 is 29.3 Å². The van der Waals surface area contributed by atoms with Gasteiger partial charge in [0, 0.05) is 20.7 Å². The second-order valence-corrected chi connectivity index (χ2v) is 4.57. The zero-order chi connectivity index (χ0) is 16.6. The number of nitrogens with one attached hydrogen (secondary N) is 1. The zero-order valence-electron chi connectivity index (χ0n) is 12.2. The summed E-state index contributed by atoms with van der Waals surface area (Å²) in [7, 11) is 3.01. The van der Waals surface area contributed by atoms with Crippen molar-refractivity contribution >= 4 is 18.3 Å². The zero-order valence-corrected chi connectivity index (χ0v) is 12.2. The van der Waals surface area contributed by atoms with Gasteiger partial charge in [-0.25, -0.2) is 9.59 Å². The summed E-state index contributed by atoms with van der Waals surface area (Å²) in [4.78, 5) is 23.5. The van der Waals surface area contributed by atoms with Gasteiger partial charge in [0.05, 0.1) is 25.0 Å². The van der Waals surface area contributed by atoms with E-state index in [1.54, 1.807) is 7.05 Å². The van der Waals surface area contributed by atoms with Crippen LogP contribution in [-0.4, -0.2) is 72.4 Å². The minimum atomic E-state index is -2.37. The van der Waals surface area contributed by atoms with Gasteiger partial charge in [-0.15, -0.1) is 6.42 Å². The molecule has 118 valence electrons. The summed E-state index contributed by atoms with van der Waals surface area (Å²) >= 11 is 0. The van der Waals surface area contributed by atoms with Crippen molar-refractivity contribution in [2.24, 2.45) is 5.92 Å². The molecule has 3 N–H and O–H groups in total. The predicted octanol–water partition coefficient (Wildman–Crippen LogP) is -0.266. The fraction of sp³-hybridized carbons (Fsp3) is 0.615. The van der Waals surface area contributed by atoms with Crippen molar-refractivity contribution in [3.63, 3.8) is 0 Å².